The predicted octanol–water partition coefficient (Wildman–Crippen LogP) is 16.3. The van der Waals surface area contributed by atoms with Crippen LogP contribution >= 0.6 is 0 Å². The van der Waals surface area contributed by atoms with Gasteiger partial charge in [0.25, 0.3) is 0 Å². The molecule has 0 bridgehead atoms. The quantitative estimate of drug-likeness (QED) is 0.142. The van der Waals surface area contributed by atoms with Crippen molar-refractivity contribution in [3.63, 3.8) is 0 Å². The highest BCUT2D eigenvalue weighted by atomic mass is 15.1. The van der Waals surface area contributed by atoms with Crippen molar-refractivity contribution in [1.29, 1.82) is 0 Å². The van der Waals surface area contributed by atoms with Gasteiger partial charge in [-0.1, -0.05) is 212 Å². The van der Waals surface area contributed by atoms with Gasteiger partial charge in [-0.25, -0.2) is 0 Å². The first-order valence-electron chi connectivity index (χ1n) is 23.2. The summed E-state index contributed by atoms with van der Waals surface area (Å²) in [5, 5.41) is 1.89. The molecule has 0 spiro atoms. The number of hydrogen-bond donors (Lipinski definition) is 0. The van der Waals surface area contributed by atoms with E-state index >= 15 is 0 Å². The first kappa shape index (κ1) is 28.6. The van der Waals surface area contributed by atoms with Gasteiger partial charge >= 0.3 is 0 Å². The van der Waals surface area contributed by atoms with Crippen LogP contribution in [0.3, 0.4) is 0 Å². The Morgan fingerprint density at radius 1 is 0.288 bits per heavy atom. The van der Waals surface area contributed by atoms with Gasteiger partial charge in [-0.3, -0.25) is 0 Å². The summed E-state index contributed by atoms with van der Waals surface area (Å²) in [6.07, 6.45) is 0. The van der Waals surface area contributed by atoms with Gasteiger partial charge in [0.1, 0.15) is 0 Å². The minimum Gasteiger partial charge on any atom is -0.310 e. The Bertz CT molecular complexity index is 3370. The SMILES string of the molecule is [2H]c1c([2H])c(N(c2ccc(-c3ccc(-c4ccccc4)cc3)cc2)c2c([2H])c([2H])c(-c3ccc4ccccc4c3-c3ccccc3)c([2H])c2[2H])c(-c2ccccc2)c([2H])c1-c1ccccc1. The molecule has 1 heteroatoms. The molecule has 0 unspecified atom stereocenters. The second-order valence-corrected chi connectivity index (χ2v) is 14.3. The number of hydrogen-bond acceptors (Lipinski definition) is 1. The van der Waals surface area contributed by atoms with Crippen molar-refractivity contribution in [2.24, 2.45) is 0 Å². The molecular weight excluding hydrogens is 711 g/mol. The Morgan fingerprint density at radius 3 is 1.34 bits per heavy atom. The first-order valence-corrected chi connectivity index (χ1v) is 19.7. The smallest absolute Gasteiger partial charge is 0.0645 e. The molecule has 1 nitrogen and oxygen atoms in total. The van der Waals surface area contributed by atoms with E-state index < -0.39 is 0 Å². The Hall–Kier alpha value is -7.74. The Morgan fingerprint density at radius 2 is 0.746 bits per heavy atom. The van der Waals surface area contributed by atoms with Gasteiger partial charge in [0.05, 0.1) is 15.3 Å². The average Bonchev–Trinajstić information content (AvgIpc) is 3.37. The summed E-state index contributed by atoms with van der Waals surface area (Å²) in [6, 6.07) is 64.3. The molecule has 59 heavy (non-hydrogen) atoms. The van der Waals surface area contributed by atoms with Gasteiger partial charge in [-0.05, 0) is 108 Å². The fourth-order valence-electron chi connectivity index (χ4n) is 7.74. The van der Waals surface area contributed by atoms with Gasteiger partial charge < -0.3 is 4.90 Å². The van der Waals surface area contributed by atoms with Crippen molar-refractivity contribution in [3.8, 4) is 66.8 Å². The van der Waals surface area contributed by atoms with Crippen molar-refractivity contribution in [3.05, 3.63) is 249 Å². The zero-order valence-corrected chi connectivity index (χ0v) is 32.1. The fraction of sp³-hybridized carbons (Fsp3) is 0. The van der Waals surface area contributed by atoms with Crippen LogP contribution < -0.4 is 4.90 Å². The third-order valence-corrected chi connectivity index (χ3v) is 10.7. The first-order chi connectivity index (χ1) is 32.2. The topological polar surface area (TPSA) is 3.24 Å². The van der Waals surface area contributed by atoms with Crippen LogP contribution in [0.1, 0.15) is 9.60 Å². The molecule has 0 N–H and O–H groups in total. The van der Waals surface area contributed by atoms with Crippen LogP contribution in [0.2, 0.25) is 0 Å². The maximum Gasteiger partial charge on any atom is 0.0645 e. The average molecular weight is 759 g/mol. The van der Waals surface area contributed by atoms with Gasteiger partial charge in [-0.2, -0.15) is 0 Å². The molecule has 0 atom stereocenters. The van der Waals surface area contributed by atoms with Crippen LogP contribution in [0.5, 0.6) is 0 Å². The number of fused-ring (bicyclic) bond motifs is 1. The number of rotatable bonds is 9. The summed E-state index contributed by atoms with van der Waals surface area (Å²) in [5.41, 5.74) is 8.64. The van der Waals surface area contributed by atoms with Crippen molar-refractivity contribution in [2.75, 3.05) is 4.90 Å². The lowest BCUT2D eigenvalue weighted by Crippen LogP contribution is -2.11. The normalized spacial score (nSPS) is 12.7. The lowest BCUT2D eigenvalue weighted by Gasteiger charge is -2.29. The highest BCUT2D eigenvalue weighted by Crippen LogP contribution is 2.45. The molecule has 0 saturated heterocycles. The van der Waals surface area contributed by atoms with Crippen molar-refractivity contribution in [2.45, 2.75) is 0 Å². The Balaban J connectivity index is 1.23. The second-order valence-electron chi connectivity index (χ2n) is 14.3. The molecular formula is C58H41N. The van der Waals surface area contributed by atoms with Crippen molar-refractivity contribution >= 4 is 27.8 Å². The summed E-state index contributed by atoms with van der Waals surface area (Å²) < 4.78 is 68.6. The van der Waals surface area contributed by atoms with E-state index in [-0.39, 0.29) is 64.8 Å². The van der Waals surface area contributed by atoms with Crippen LogP contribution in [0.15, 0.2) is 249 Å². The van der Waals surface area contributed by atoms with Crippen LogP contribution in [-0.4, -0.2) is 0 Å². The monoisotopic (exact) mass is 758 g/mol. The molecule has 278 valence electrons. The molecule has 0 aliphatic heterocycles. The lowest BCUT2D eigenvalue weighted by atomic mass is 9.89. The summed E-state index contributed by atoms with van der Waals surface area (Å²) in [5.74, 6) is 0. The summed E-state index contributed by atoms with van der Waals surface area (Å²) in [6.45, 7) is 0. The largest absolute Gasteiger partial charge is 0.310 e. The van der Waals surface area contributed by atoms with E-state index in [4.69, 9.17) is 0 Å². The Labute approximate surface area is 356 Å². The molecule has 10 rings (SSSR count). The third-order valence-electron chi connectivity index (χ3n) is 10.7. The minimum atomic E-state index is -0.331. The number of nitrogens with zero attached hydrogens (tertiary/aromatic N) is 1. The van der Waals surface area contributed by atoms with E-state index in [1.54, 1.807) is 4.90 Å². The van der Waals surface area contributed by atoms with E-state index in [0.717, 1.165) is 44.2 Å². The molecule has 10 aromatic rings. The van der Waals surface area contributed by atoms with Crippen LogP contribution in [0.4, 0.5) is 17.1 Å². The minimum absolute atomic E-state index is 0.000863. The van der Waals surface area contributed by atoms with Gasteiger partial charge in [0.2, 0.25) is 0 Å². The lowest BCUT2D eigenvalue weighted by molar-refractivity contribution is 1.28. The molecule has 10 aromatic carbocycles. The van der Waals surface area contributed by atoms with Crippen molar-refractivity contribution in [1.82, 2.24) is 0 Å². The molecule has 0 aromatic heterocycles. The maximum absolute atomic E-state index is 9.90. The maximum atomic E-state index is 9.90. The zero-order valence-electron chi connectivity index (χ0n) is 39.1. The predicted molar refractivity (Wildman–Crippen MR) is 251 cm³/mol. The van der Waals surface area contributed by atoms with Crippen LogP contribution in [-0.2, 0) is 0 Å². The summed E-state index contributed by atoms with van der Waals surface area (Å²) in [4.78, 5) is 1.56. The molecule has 0 aliphatic carbocycles. The Kier molecular flexibility index (Phi) is 7.77. The zero-order chi connectivity index (χ0) is 45.5. The molecule has 0 radical (unpaired) electrons. The number of anilines is 3. The van der Waals surface area contributed by atoms with E-state index in [1.807, 2.05) is 170 Å². The van der Waals surface area contributed by atoms with Gasteiger partial charge in [0.15, 0.2) is 0 Å². The highest BCUT2D eigenvalue weighted by Gasteiger charge is 2.20. The van der Waals surface area contributed by atoms with E-state index in [2.05, 4.69) is 36.4 Å². The third kappa shape index (κ3) is 7.23. The molecule has 0 saturated carbocycles. The summed E-state index contributed by atoms with van der Waals surface area (Å²) >= 11 is 0. The van der Waals surface area contributed by atoms with E-state index in [9.17, 15) is 9.60 Å². The van der Waals surface area contributed by atoms with E-state index in [1.165, 1.54) is 0 Å². The van der Waals surface area contributed by atoms with Gasteiger partial charge in [0, 0.05) is 16.9 Å². The van der Waals surface area contributed by atoms with Gasteiger partial charge in [-0.15, -0.1) is 0 Å². The molecule has 0 fully saturated rings. The molecule has 0 amide bonds. The number of benzene rings is 10. The molecule has 0 heterocycles. The standard InChI is InChI=1S/C58H41N/c1-5-15-42(16-6-1)44-25-27-45(28-26-44)46-29-35-52(36-30-46)59(57-40-34-51(43-17-7-2-8-18-43)41-56(57)47-19-9-3-10-20-47)53-37-31-49(32-38-53)55-39-33-48-21-13-14-24-54(48)58(55)50-22-11-4-12-23-50/h1-41H/i31D,32D,34D,37D,38D,40D,41D. The fourth-order valence-corrected chi connectivity index (χ4v) is 7.74. The highest BCUT2D eigenvalue weighted by molar-refractivity contribution is 6.04. The van der Waals surface area contributed by atoms with Crippen molar-refractivity contribution < 1.29 is 9.60 Å². The summed E-state index contributed by atoms with van der Waals surface area (Å²) in [7, 11) is 0. The molecule has 0 aliphatic rings. The van der Waals surface area contributed by atoms with E-state index in [0.29, 0.717) is 27.9 Å². The van der Waals surface area contributed by atoms with Crippen LogP contribution in [0.25, 0.3) is 77.5 Å². The second kappa shape index (κ2) is 16.0. The van der Waals surface area contributed by atoms with Crippen LogP contribution in [0, 0.1) is 0 Å².